The summed E-state index contributed by atoms with van der Waals surface area (Å²) in [5.41, 5.74) is 8.31. The highest BCUT2D eigenvalue weighted by Crippen LogP contribution is 2.33. The van der Waals surface area contributed by atoms with Crippen molar-refractivity contribution in [2.75, 3.05) is 37.9 Å². The van der Waals surface area contributed by atoms with Gasteiger partial charge in [-0.2, -0.15) is 0 Å². The van der Waals surface area contributed by atoms with Crippen LogP contribution in [0.15, 0.2) is 12.3 Å². The van der Waals surface area contributed by atoms with Crippen molar-refractivity contribution >= 4 is 39.0 Å². The van der Waals surface area contributed by atoms with Gasteiger partial charge in [-0.3, -0.25) is 4.79 Å². The number of likely N-dealkylation sites (N-methyl/N-ethyl adjacent to an activating group) is 1. The quantitative estimate of drug-likeness (QED) is 0.501. The second-order valence-electron chi connectivity index (χ2n) is 8.87. The number of ether oxygens (including phenoxy) is 1. The number of carbonyl (C=O) groups excluding carboxylic acids is 1. The lowest BCUT2D eigenvalue weighted by Crippen LogP contribution is -2.39. The maximum atomic E-state index is 15.1. The Morgan fingerprint density at radius 3 is 2.91 bits per heavy atom. The van der Waals surface area contributed by atoms with E-state index in [9.17, 15) is 4.79 Å². The number of amides is 1. The van der Waals surface area contributed by atoms with Crippen molar-refractivity contribution in [3.63, 3.8) is 0 Å². The molecule has 0 saturated carbocycles. The van der Waals surface area contributed by atoms with Crippen molar-refractivity contribution in [1.82, 2.24) is 25.6 Å². The third-order valence-corrected chi connectivity index (χ3v) is 7.82. The number of rotatable bonds is 5. The van der Waals surface area contributed by atoms with Crippen LogP contribution in [0.2, 0.25) is 0 Å². The molecule has 1 amide bonds. The average molecular weight is 486 g/mol. The predicted molar refractivity (Wildman–Crippen MR) is 130 cm³/mol. The molecule has 3 aromatic rings. The van der Waals surface area contributed by atoms with Crippen molar-refractivity contribution in [2.45, 2.75) is 44.4 Å². The third kappa shape index (κ3) is 4.08. The summed E-state index contributed by atoms with van der Waals surface area (Å²) in [6.45, 7) is 3.02. The first kappa shape index (κ1) is 22.9. The van der Waals surface area contributed by atoms with E-state index in [1.165, 1.54) is 11.3 Å². The lowest BCUT2D eigenvalue weighted by atomic mass is 9.91. The summed E-state index contributed by atoms with van der Waals surface area (Å²) < 4.78 is 20.6. The molecule has 0 aromatic carbocycles. The molecule has 9 nitrogen and oxygen atoms in total. The van der Waals surface area contributed by atoms with E-state index in [0.29, 0.717) is 58.4 Å². The van der Waals surface area contributed by atoms with Crippen LogP contribution in [0.25, 0.3) is 10.2 Å². The number of carbonyl (C=O) groups is 1. The molecule has 2 aliphatic rings. The van der Waals surface area contributed by atoms with Crippen molar-refractivity contribution in [3.8, 4) is 0 Å². The van der Waals surface area contributed by atoms with Gasteiger partial charge in [-0.15, -0.1) is 11.3 Å². The minimum absolute atomic E-state index is 0.0157. The topological polar surface area (TPSA) is 118 Å². The molecule has 11 heteroatoms. The van der Waals surface area contributed by atoms with E-state index in [1.54, 1.807) is 26.3 Å². The van der Waals surface area contributed by atoms with Crippen LogP contribution in [0.5, 0.6) is 0 Å². The molecule has 4 heterocycles. The Hall–Kier alpha value is -2.89. The number of nitrogens with zero attached hydrogens (tertiary/aromatic N) is 4. The molecule has 1 aliphatic heterocycles. The van der Waals surface area contributed by atoms with Gasteiger partial charge < -0.3 is 26.0 Å². The molecule has 1 saturated heterocycles. The van der Waals surface area contributed by atoms with E-state index in [1.807, 2.05) is 11.9 Å². The molecule has 0 radical (unpaired) electrons. The van der Waals surface area contributed by atoms with Gasteiger partial charge in [0.05, 0.1) is 23.2 Å². The average Bonchev–Trinajstić information content (AvgIpc) is 3.39. The summed E-state index contributed by atoms with van der Waals surface area (Å²) in [5.74, 6) is 0.416. The van der Waals surface area contributed by atoms with Crippen LogP contribution < -0.4 is 21.3 Å². The summed E-state index contributed by atoms with van der Waals surface area (Å²) in [7, 11) is 3.55. The molecule has 3 unspecified atom stereocenters. The first-order valence-corrected chi connectivity index (χ1v) is 12.1. The summed E-state index contributed by atoms with van der Waals surface area (Å²) in [5, 5.41) is 6.98. The Balaban J connectivity index is 1.31. The smallest absolute Gasteiger partial charge is 0.263 e. The molecule has 0 spiro atoms. The number of hydrogen-bond donors (Lipinski definition) is 3. The third-order valence-electron chi connectivity index (χ3n) is 6.71. The largest absolute Gasteiger partial charge is 0.397 e. The maximum Gasteiger partial charge on any atom is 0.263 e. The van der Waals surface area contributed by atoms with Crippen LogP contribution >= 0.6 is 11.3 Å². The fourth-order valence-corrected chi connectivity index (χ4v) is 5.85. The number of hydrogen-bond acceptors (Lipinski definition) is 9. The summed E-state index contributed by atoms with van der Waals surface area (Å²) in [4.78, 5) is 29.3. The van der Waals surface area contributed by atoms with Gasteiger partial charge in [-0.1, -0.05) is 0 Å². The van der Waals surface area contributed by atoms with Gasteiger partial charge in [0.15, 0.2) is 11.6 Å². The number of aromatic nitrogens is 3. The molecule has 4 N–H and O–H groups in total. The normalized spacial score (nSPS) is 22.2. The zero-order valence-corrected chi connectivity index (χ0v) is 20.2. The van der Waals surface area contributed by atoms with Gasteiger partial charge in [0.25, 0.3) is 5.91 Å². The SMILES string of the molecule is CNC1CN(c2nc3c(cc2F)CC(NC(=O)c2sc4nc(C)ncc4c2N)CC3)CC1OC. The predicted octanol–water partition coefficient (Wildman–Crippen LogP) is 1.83. The van der Waals surface area contributed by atoms with Crippen LogP contribution in [-0.4, -0.2) is 66.3 Å². The van der Waals surface area contributed by atoms with Gasteiger partial charge in [0.1, 0.15) is 15.5 Å². The highest BCUT2D eigenvalue weighted by atomic mass is 32.1. The van der Waals surface area contributed by atoms with Crippen molar-refractivity contribution in [1.29, 1.82) is 0 Å². The number of halogens is 1. The lowest BCUT2D eigenvalue weighted by molar-refractivity contribution is 0.0938. The zero-order valence-electron chi connectivity index (χ0n) is 19.4. The molecule has 1 fully saturated rings. The highest BCUT2D eigenvalue weighted by Gasteiger charge is 2.34. The minimum Gasteiger partial charge on any atom is -0.397 e. The molecule has 1 aliphatic carbocycles. The number of pyridine rings is 1. The van der Waals surface area contributed by atoms with Crippen molar-refractivity contribution < 1.29 is 13.9 Å². The standard InChI is InChI=1S/C23H28FN7O2S/c1-11-27-8-14-19(25)20(34-23(14)28-11)22(32)29-13-4-5-16-12(6-13)7-15(24)21(30-16)31-9-17(26-2)18(10-31)33-3/h7-8,13,17-18,26H,4-6,9-10,25H2,1-3H3,(H,29,32). The van der Waals surface area contributed by atoms with E-state index in [0.717, 1.165) is 17.7 Å². The number of aryl methyl sites for hydroxylation is 2. The van der Waals surface area contributed by atoms with E-state index in [2.05, 4.69) is 25.6 Å². The molecule has 3 atom stereocenters. The Morgan fingerprint density at radius 2 is 2.18 bits per heavy atom. The van der Waals surface area contributed by atoms with Crippen molar-refractivity contribution in [2.24, 2.45) is 0 Å². The molecular weight excluding hydrogens is 457 g/mol. The first-order valence-electron chi connectivity index (χ1n) is 11.3. The van der Waals surface area contributed by atoms with Gasteiger partial charge in [-0.25, -0.2) is 19.3 Å². The second-order valence-corrected chi connectivity index (χ2v) is 9.87. The van der Waals surface area contributed by atoms with Crippen molar-refractivity contribution in [3.05, 3.63) is 40.0 Å². The Morgan fingerprint density at radius 1 is 1.35 bits per heavy atom. The number of nitrogens with one attached hydrogen (secondary N) is 2. The van der Waals surface area contributed by atoms with Crippen LogP contribution in [0.1, 0.15) is 33.2 Å². The van der Waals surface area contributed by atoms with E-state index < -0.39 is 0 Å². The number of methoxy groups -OCH3 is 1. The summed E-state index contributed by atoms with van der Waals surface area (Å²) in [6.07, 6.45) is 3.54. The maximum absolute atomic E-state index is 15.1. The number of fused-ring (bicyclic) bond motifs is 2. The second kappa shape index (κ2) is 9.05. The summed E-state index contributed by atoms with van der Waals surface area (Å²) >= 11 is 1.26. The number of anilines is 2. The Bertz CT molecular complexity index is 1240. The van der Waals surface area contributed by atoms with Gasteiger partial charge in [-0.05, 0) is 44.9 Å². The van der Waals surface area contributed by atoms with Crippen LogP contribution in [-0.2, 0) is 17.6 Å². The Labute approximate surface area is 200 Å². The fourth-order valence-electron chi connectivity index (χ4n) is 4.84. The van der Waals surface area contributed by atoms with Gasteiger partial charge >= 0.3 is 0 Å². The first-order chi connectivity index (χ1) is 16.4. The highest BCUT2D eigenvalue weighted by molar-refractivity contribution is 7.21. The zero-order chi connectivity index (χ0) is 24.0. The molecule has 180 valence electrons. The molecular formula is C23H28FN7O2S. The van der Waals surface area contributed by atoms with Crippen LogP contribution in [0, 0.1) is 12.7 Å². The molecule has 34 heavy (non-hydrogen) atoms. The monoisotopic (exact) mass is 485 g/mol. The van der Waals surface area contributed by atoms with Crippen LogP contribution in [0.4, 0.5) is 15.9 Å². The molecule has 0 bridgehead atoms. The summed E-state index contributed by atoms with van der Waals surface area (Å²) in [6, 6.07) is 1.57. The van der Waals surface area contributed by atoms with Gasteiger partial charge in [0, 0.05) is 38.1 Å². The van der Waals surface area contributed by atoms with Gasteiger partial charge in [0.2, 0.25) is 0 Å². The lowest BCUT2D eigenvalue weighted by Gasteiger charge is -2.27. The molecule has 3 aromatic heterocycles. The molecule has 5 rings (SSSR count). The Kier molecular flexibility index (Phi) is 6.09. The minimum atomic E-state index is -0.347. The number of nitrogen functional groups attached to an aromatic ring is 1. The van der Waals surface area contributed by atoms with E-state index in [4.69, 9.17) is 10.5 Å². The van der Waals surface area contributed by atoms with E-state index >= 15 is 4.39 Å². The number of nitrogens with two attached hydrogens (primary N) is 1. The van der Waals surface area contributed by atoms with Crippen LogP contribution in [0.3, 0.4) is 0 Å². The fraction of sp³-hybridized carbons (Fsp3) is 0.478. The number of thiophene rings is 1. The van der Waals surface area contributed by atoms with E-state index in [-0.39, 0.29) is 29.9 Å².